The van der Waals surface area contributed by atoms with E-state index in [1.54, 1.807) is 35.6 Å². The van der Waals surface area contributed by atoms with E-state index in [0.717, 1.165) is 16.3 Å². The van der Waals surface area contributed by atoms with Crippen LogP contribution in [-0.4, -0.2) is 34.2 Å². The summed E-state index contributed by atoms with van der Waals surface area (Å²) in [5, 5.41) is 5.85. The number of benzene rings is 2. The predicted molar refractivity (Wildman–Crippen MR) is 112 cm³/mol. The van der Waals surface area contributed by atoms with Crippen molar-refractivity contribution in [2.24, 2.45) is 0 Å². The minimum absolute atomic E-state index is 0.159. The number of amides is 3. The lowest BCUT2D eigenvalue weighted by Crippen LogP contribution is -2.31. The van der Waals surface area contributed by atoms with Crippen molar-refractivity contribution in [3.8, 4) is 11.3 Å². The molecule has 3 aromatic rings. The molecule has 0 aliphatic carbocycles. The summed E-state index contributed by atoms with van der Waals surface area (Å²) in [4.78, 5) is 42.7. The third-order valence-electron chi connectivity index (χ3n) is 4.72. The van der Waals surface area contributed by atoms with Crippen LogP contribution >= 0.6 is 11.3 Å². The molecule has 1 N–H and O–H groups in total. The second-order valence-corrected chi connectivity index (χ2v) is 7.85. The van der Waals surface area contributed by atoms with Gasteiger partial charge in [0, 0.05) is 29.6 Å². The number of imide groups is 1. The summed E-state index contributed by atoms with van der Waals surface area (Å²) in [6.45, 7) is 2.17. The first-order valence-corrected chi connectivity index (χ1v) is 10.2. The first-order chi connectivity index (χ1) is 14.0. The Kier molecular flexibility index (Phi) is 5.22. The molecular formula is C22H19N3O3S. The van der Waals surface area contributed by atoms with E-state index < -0.39 is 0 Å². The number of aryl methyl sites for hydroxylation is 1. The molecule has 1 aliphatic heterocycles. The highest BCUT2D eigenvalue weighted by Crippen LogP contribution is 2.25. The Bertz CT molecular complexity index is 1070. The standard InChI is InChI=1S/C22H19N3O3S/c1-14-23-19(13-29-14)15-6-4-7-16(12-15)24-20(26)10-5-11-25-21(27)17-8-2-3-9-18(17)22(25)28/h2-4,6-9,12-13H,5,10-11H2,1H3,(H,24,26). The monoisotopic (exact) mass is 405 g/mol. The van der Waals surface area contributed by atoms with Gasteiger partial charge in [0.15, 0.2) is 0 Å². The Labute approximate surface area is 172 Å². The van der Waals surface area contributed by atoms with E-state index in [1.807, 2.05) is 36.6 Å². The van der Waals surface area contributed by atoms with Crippen LogP contribution in [0.1, 0.15) is 38.6 Å². The number of carbonyl (C=O) groups is 3. The van der Waals surface area contributed by atoms with Gasteiger partial charge in [0.2, 0.25) is 5.91 Å². The molecule has 1 aromatic heterocycles. The minimum Gasteiger partial charge on any atom is -0.326 e. The van der Waals surface area contributed by atoms with E-state index in [2.05, 4.69) is 10.3 Å². The fraction of sp³-hybridized carbons (Fsp3) is 0.182. The van der Waals surface area contributed by atoms with Crippen LogP contribution in [0.25, 0.3) is 11.3 Å². The van der Waals surface area contributed by atoms with Crippen LogP contribution in [0.15, 0.2) is 53.9 Å². The average molecular weight is 405 g/mol. The summed E-state index contributed by atoms with van der Waals surface area (Å²) in [7, 11) is 0. The topological polar surface area (TPSA) is 79.4 Å². The number of rotatable bonds is 6. The molecule has 0 bridgehead atoms. The zero-order valence-corrected chi connectivity index (χ0v) is 16.7. The zero-order chi connectivity index (χ0) is 20.4. The van der Waals surface area contributed by atoms with Gasteiger partial charge in [-0.2, -0.15) is 0 Å². The van der Waals surface area contributed by atoms with Crippen LogP contribution < -0.4 is 5.32 Å². The number of aromatic nitrogens is 1. The molecule has 3 amide bonds. The van der Waals surface area contributed by atoms with E-state index in [0.29, 0.717) is 23.2 Å². The van der Waals surface area contributed by atoms with Crippen LogP contribution in [0.3, 0.4) is 0 Å². The summed E-state index contributed by atoms with van der Waals surface area (Å²) in [5.41, 5.74) is 3.37. The fourth-order valence-corrected chi connectivity index (χ4v) is 3.94. The Morgan fingerprint density at radius 2 is 1.79 bits per heavy atom. The van der Waals surface area contributed by atoms with Gasteiger partial charge >= 0.3 is 0 Å². The van der Waals surface area contributed by atoms with Crippen molar-refractivity contribution in [2.45, 2.75) is 19.8 Å². The molecule has 0 spiro atoms. The predicted octanol–water partition coefficient (Wildman–Crippen LogP) is 4.13. The molecule has 0 saturated heterocycles. The second-order valence-electron chi connectivity index (χ2n) is 6.79. The van der Waals surface area contributed by atoms with Crippen LogP contribution in [0.5, 0.6) is 0 Å². The van der Waals surface area contributed by atoms with Gasteiger partial charge in [-0.15, -0.1) is 11.3 Å². The van der Waals surface area contributed by atoms with Gasteiger partial charge in [-0.25, -0.2) is 4.98 Å². The van der Waals surface area contributed by atoms with Gasteiger partial charge in [0.05, 0.1) is 21.8 Å². The first-order valence-electron chi connectivity index (χ1n) is 9.30. The molecule has 29 heavy (non-hydrogen) atoms. The lowest BCUT2D eigenvalue weighted by atomic mass is 10.1. The molecule has 0 radical (unpaired) electrons. The molecular weight excluding hydrogens is 386 g/mol. The first kappa shape index (κ1) is 19.0. The third-order valence-corrected chi connectivity index (χ3v) is 5.50. The molecule has 0 unspecified atom stereocenters. The van der Waals surface area contributed by atoms with Crippen molar-refractivity contribution in [2.75, 3.05) is 11.9 Å². The summed E-state index contributed by atoms with van der Waals surface area (Å²) in [6.07, 6.45) is 0.621. The van der Waals surface area contributed by atoms with E-state index >= 15 is 0 Å². The molecule has 6 nitrogen and oxygen atoms in total. The van der Waals surface area contributed by atoms with Crippen LogP contribution in [-0.2, 0) is 4.79 Å². The van der Waals surface area contributed by atoms with E-state index in [4.69, 9.17) is 0 Å². The quantitative estimate of drug-likeness (QED) is 0.625. The number of fused-ring (bicyclic) bond motifs is 1. The van der Waals surface area contributed by atoms with Crippen molar-refractivity contribution >= 4 is 34.7 Å². The number of nitrogens with one attached hydrogen (secondary N) is 1. The molecule has 0 atom stereocenters. The molecule has 2 aromatic carbocycles. The molecule has 0 saturated carbocycles. The zero-order valence-electron chi connectivity index (χ0n) is 15.8. The number of hydrogen-bond donors (Lipinski definition) is 1. The lowest BCUT2D eigenvalue weighted by molar-refractivity contribution is -0.116. The van der Waals surface area contributed by atoms with Crippen molar-refractivity contribution in [1.82, 2.24) is 9.88 Å². The van der Waals surface area contributed by atoms with Crippen LogP contribution in [0.4, 0.5) is 5.69 Å². The van der Waals surface area contributed by atoms with Crippen molar-refractivity contribution in [3.63, 3.8) is 0 Å². The Morgan fingerprint density at radius 3 is 2.45 bits per heavy atom. The lowest BCUT2D eigenvalue weighted by Gasteiger charge is -2.13. The molecule has 146 valence electrons. The van der Waals surface area contributed by atoms with E-state index in [1.165, 1.54) is 4.90 Å². The number of hydrogen-bond acceptors (Lipinski definition) is 5. The highest BCUT2D eigenvalue weighted by molar-refractivity contribution is 7.09. The van der Waals surface area contributed by atoms with Crippen LogP contribution in [0, 0.1) is 6.92 Å². The molecule has 7 heteroatoms. The van der Waals surface area contributed by atoms with Crippen LogP contribution in [0.2, 0.25) is 0 Å². The maximum Gasteiger partial charge on any atom is 0.261 e. The molecule has 0 fully saturated rings. The number of nitrogens with zero attached hydrogens (tertiary/aromatic N) is 2. The van der Waals surface area contributed by atoms with Crippen molar-refractivity contribution in [3.05, 3.63) is 70.0 Å². The Balaban J connectivity index is 1.32. The summed E-state index contributed by atoms with van der Waals surface area (Å²) in [5.74, 6) is -0.747. The highest BCUT2D eigenvalue weighted by atomic mass is 32.1. The smallest absolute Gasteiger partial charge is 0.261 e. The average Bonchev–Trinajstić information content (AvgIpc) is 3.26. The Morgan fingerprint density at radius 1 is 1.07 bits per heavy atom. The normalized spacial score (nSPS) is 12.9. The summed E-state index contributed by atoms with van der Waals surface area (Å²) in [6, 6.07) is 14.3. The molecule has 1 aliphatic rings. The van der Waals surface area contributed by atoms with E-state index in [-0.39, 0.29) is 30.7 Å². The number of thiazole rings is 1. The van der Waals surface area contributed by atoms with E-state index in [9.17, 15) is 14.4 Å². The summed E-state index contributed by atoms with van der Waals surface area (Å²) < 4.78 is 0. The van der Waals surface area contributed by atoms with Crippen molar-refractivity contribution in [1.29, 1.82) is 0 Å². The van der Waals surface area contributed by atoms with Gasteiger partial charge in [-0.3, -0.25) is 19.3 Å². The number of anilines is 1. The molecule has 4 rings (SSSR count). The Hall–Kier alpha value is -3.32. The largest absolute Gasteiger partial charge is 0.326 e. The van der Waals surface area contributed by atoms with Gasteiger partial charge < -0.3 is 5.32 Å². The van der Waals surface area contributed by atoms with Gasteiger partial charge in [-0.1, -0.05) is 24.3 Å². The SMILES string of the molecule is Cc1nc(-c2cccc(NC(=O)CCCN3C(=O)c4ccccc4C3=O)c2)cs1. The minimum atomic E-state index is -0.294. The second kappa shape index (κ2) is 7.97. The van der Waals surface area contributed by atoms with Gasteiger partial charge in [0.1, 0.15) is 0 Å². The third kappa shape index (κ3) is 3.95. The van der Waals surface area contributed by atoms with Gasteiger partial charge in [0.25, 0.3) is 11.8 Å². The highest BCUT2D eigenvalue weighted by Gasteiger charge is 2.34. The number of carbonyl (C=O) groups excluding carboxylic acids is 3. The molecule has 2 heterocycles. The maximum atomic E-state index is 12.3. The van der Waals surface area contributed by atoms with Crippen molar-refractivity contribution < 1.29 is 14.4 Å². The summed E-state index contributed by atoms with van der Waals surface area (Å²) >= 11 is 1.58. The van der Waals surface area contributed by atoms with Gasteiger partial charge in [-0.05, 0) is 37.6 Å². The fourth-order valence-electron chi connectivity index (χ4n) is 3.32. The maximum absolute atomic E-state index is 12.3.